The van der Waals surface area contributed by atoms with Crippen molar-refractivity contribution in [2.45, 2.75) is 24.3 Å². The molecule has 0 spiro atoms. The number of anilines is 1. The number of amides is 1. The molecule has 0 aliphatic heterocycles. The van der Waals surface area contributed by atoms with Crippen LogP contribution in [0.5, 0.6) is 5.75 Å². The van der Waals surface area contributed by atoms with Crippen LogP contribution in [0.15, 0.2) is 47.6 Å². The Balaban J connectivity index is 1.76. The Kier molecular flexibility index (Phi) is 6.36. The predicted octanol–water partition coefficient (Wildman–Crippen LogP) is 3.83. The third-order valence-electron chi connectivity index (χ3n) is 4.52. The number of nitro benzene ring substituents is 1. The number of aromatic nitrogens is 3. The van der Waals surface area contributed by atoms with Gasteiger partial charge in [0.25, 0.3) is 5.69 Å². The second-order valence-corrected chi connectivity index (χ2v) is 7.88. The number of rotatable bonds is 7. The maximum absolute atomic E-state index is 12.7. The van der Waals surface area contributed by atoms with Crippen LogP contribution in [0.25, 0.3) is 11.4 Å². The number of carbonyl (C=O) groups excluding carboxylic acids is 1. The van der Waals surface area contributed by atoms with E-state index in [2.05, 4.69) is 15.5 Å². The number of carbonyl (C=O) groups is 1. The van der Waals surface area contributed by atoms with Gasteiger partial charge >= 0.3 is 0 Å². The Bertz CT molecular complexity index is 1100. The van der Waals surface area contributed by atoms with E-state index < -0.39 is 10.2 Å². The van der Waals surface area contributed by atoms with E-state index in [4.69, 9.17) is 4.74 Å². The lowest BCUT2D eigenvalue weighted by atomic mass is 10.2. The topological polar surface area (TPSA) is 112 Å². The van der Waals surface area contributed by atoms with Gasteiger partial charge in [-0.1, -0.05) is 30.0 Å². The summed E-state index contributed by atoms with van der Waals surface area (Å²) in [4.78, 5) is 23.2. The molecular weight excluding hydrogens is 406 g/mol. The zero-order chi connectivity index (χ0) is 21.8. The monoisotopic (exact) mass is 427 g/mol. The number of non-ortho nitro benzene ring substituents is 1. The smallest absolute Gasteiger partial charge is 0.271 e. The second kappa shape index (κ2) is 8.95. The number of methoxy groups -OCH3 is 1. The number of nitrogens with zero attached hydrogens (tertiary/aromatic N) is 4. The lowest BCUT2D eigenvalue weighted by molar-refractivity contribution is -0.384. The van der Waals surface area contributed by atoms with Gasteiger partial charge in [-0.25, -0.2) is 0 Å². The van der Waals surface area contributed by atoms with E-state index in [1.54, 1.807) is 31.6 Å². The van der Waals surface area contributed by atoms with Crippen LogP contribution >= 0.6 is 11.8 Å². The summed E-state index contributed by atoms with van der Waals surface area (Å²) in [7, 11) is 3.41. The number of nitro groups is 1. The third kappa shape index (κ3) is 4.43. The zero-order valence-corrected chi connectivity index (χ0v) is 17.8. The van der Waals surface area contributed by atoms with Gasteiger partial charge in [-0.15, -0.1) is 10.2 Å². The maximum Gasteiger partial charge on any atom is 0.271 e. The summed E-state index contributed by atoms with van der Waals surface area (Å²) in [5.74, 6) is 1.01. The molecule has 3 aromatic rings. The van der Waals surface area contributed by atoms with Gasteiger partial charge in [0.15, 0.2) is 11.0 Å². The van der Waals surface area contributed by atoms with Gasteiger partial charge in [0.1, 0.15) is 5.75 Å². The first-order valence-electron chi connectivity index (χ1n) is 9.07. The van der Waals surface area contributed by atoms with Gasteiger partial charge < -0.3 is 14.6 Å². The summed E-state index contributed by atoms with van der Waals surface area (Å²) < 4.78 is 7.18. The van der Waals surface area contributed by atoms with Crippen molar-refractivity contribution in [3.05, 3.63) is 58.1 Å². The summed E-state index contributed by atoms with van der Waals surface area (Å²) in [5.41, 5.74) is 1.87. The van der Waals surface area contributed by atoms with E-state index in [1.807, 2.05) is 31.3 Å². The van der Waals surface area contributed by atoms with Gasteiger partial charge in [0, 0.05) is 19.2 Å². The zero-order valence-electron chi connectivity index (χ0n) is 16.9. The molecule has 2 aromatic carbocycles. The molecule has 0 unspecified atom stereocenters. The highest BCUT2D eigenvalue weighted by atomic mass is 32.2. The molecule has 0 aliphatic rings. The van der Waals surface area contributed by atoms with Crippen LogP contribution in [0.1, 0.15) is 12.5 Å². The fraction of sp³-hybridized carbons (Fsp3) is 0.250. The molecule has 1 heterocycles. The number of para-hydroxylation sites is 1. The molecule has 10 heteroatoms. The number of hydrogen-bond donors (Lipinski definition) is 1. The predicted molar refractivity (Wildman–Crippen MR) is 115 cm³/mol. The Morgan fingerprint density at radius 2 is 2.00 bits per heavy atom. The van der Waals surface area contributed by atoms with E-state index in [1.165, 1.54) is 23.9 Å². The minimum absolute atomic E-state index is 0.0778. The first-order chi connectivity index (χ1) is 14.3. The number of thioether (sulfide) groups is 1. The molecule has 1 amide bonds. The van der Waals surface area contributed by atoms with E-state index >= 15 is 0 Å². The minimum Gasteiger partial charge on any atom is -0.496 e. The number of ether oxygens (including phenoxy) is 1. The van der Waals surface area contributed by atoms with E-state index in [0.717, 1.165) is 11.1 Å². The first-order valence-corrected chi connectivity index (χ1v) is 9.95. The Morgan fingerprint density at radius 1 is 1.27 bits per heavy atom. The lowest BCUT2D eigenvalue weighted by Gasteiger charge is -2.13. The van der Waals surface area contributed by atoms with Gasteiger partial charge in [0.2, 0.25) is 5.91 Å². The Morgan fingerprint density at radius 3 is 2.70 bits per heavy atom. The van der Waals surface area contributed by atoms with E-state index in [9.17, 15) is 14.9 Å². The van der Waals surface area contributed by atoms with Crippen molar-refractivity contribution in [3.63, 3.8) is 0 Å². The second-order valence-electron chi connectivity index (χ2n) is 6.57. The largest absolute Gasteiger partial charge is 0.496 e. The van der Waals surface area contributed by atoms with Crippen LogP contribution in [0.2, 0.25) is 0 Å². The van der Waals surface area contributed by atoms with Crippen molar-refractivity contribution in [1.29, 1.82) is 0 Å². The fourth-order valence-electron chi connectivity index (χ4n) is 2.79. The molecule has 0 radical (unpaired) electrons. The molecule has 1 aromatic heterocycles. The van der Waals surface area contributed by atoms with Gasteiger partial charge in [-0.05, 0) is 31.5 Å². The highest BCUT2D eigenvalue weighted by molar-refractivity contribution is 8.00. The molecule has 0 saturated heterocycles. The van der Waals surface area contributed by atoms with Crippen LogP contribution in [0.4, 0.5) is 11.4 Å². The Hall–Kier alpha value is -3.40. The summed E-state index contributed by atoms with van der Waals surface area (Å²) in [6, 6.07) is 11.9. The molecule has 0 aliphatic carbocycles. The van der Waals surface area contributed by atoms with Gasteiger partial charge in [-0.2, -0.15) is 0 Å². The van der Waals surface area contributed by atoms with Gasteiger partial charge in [0.05, 0.1) is 28.5 Å². The molecule has 1 atom stereocenters. The van der Waals surface area contributed by atoms with Crippen LogP contribution < -0.4 is 10.1 Å². The molecule has 0 saturated carbocycles. The minimum atomic E-state index is -0.503. The average molecular weight is 427 g/mol. The van der Waals surface area contributed by atoms with E-state index in [0.29, 0.717) is 22.4 Å². The molecule has 0 bridgehead atoms. The van der Waals surface area contributed by atoms with Crippen molar-refractivity contribution >= 4 is 29.0 Å². The first kappa shape index (κ1) is 21.3. The highest BCUT2D eigenvalue weighted by Gasteiger charge is 2.21. The molecule has 156 valence electrons. The number of benzene rings is 2. The molecule has 0 fully saturated rings. The van der Waals surface area contributed by atoms with Crippen molar-refractivity contribution in [2.75, 3.05) is 12.4 Å². The Labute approximate surface area is 177 Å². The van der Waals surface area contributed by atoms with E-state index in [-0.39, 0.29) is 11.6 Å². The average Bonchev–Trinajstić information content (AvgIpc) is 3.09. The molecule has 30 heavy (non-hydrogen) atoms. The SMILES string of the molecule is COc1ccccc1-c1nnc(S[C@@H](C)C(=O)Nc2cc([N+](=O)[O-])ccc2C)n1C. The van der Waals surface area contributed by atoms with Crippen molar-refractivity contribution in [2.24, 2.45) is 7.05 Å². The summed E-state index contributed by atoms with van der Waals surface area (Å²) in [6.07, 6.45) is 0. The highest BCUT2D eigenvalue weighted by Crippen LogP contribution is 2.31. The number of hydrogen-bond acceptors (Lipinski definition) is 7. The summed E-state index contributed by atoms with van der Waals surface area (Å²) >= 11 is 1.25. The molecule has 3 rings (SSSR count). The molecule has 9 nitrogen and oxygen atoms in total. The molecular formula is C20H21N5O4S. The lowest BCUT2D eigenvalue weighted by Crippen LogP contribution is -2.23. The quantitative estimate of drug-likeness (QED) is 0.346. The summed E-state index contributed by atoms with van der Waals surface area (Å²) in [5, 5.41) is 22.3. The normalized spacial score (nSPS) is 11.7. The summed E-state index contributed by atoms with van der Waals surface area (Å²) in [6.45, 7) is 3.52. The molecule has 1 N–H and O–H groups in total. The van der Waals surface area contributed by atoms with Crippen LogP contribution in [0, 0.1) is 17.0 Å². The standard InChI is InChI=1S/C20H21N5O4S/c1-12-9-10-14(25(27)28)11-16(12)21-19(26)13(2)30-20-23-22-18(24(20)3)15-7-5-6-8-17(15)29-4/h5-11,13H,1-4H3,(H,21,26)/t13-/m0/s1. The van der Waals surface area contributed by atoms with Crippen molar-refractivity contribution < 1.29 is 14.5 Å². The number of nitrogens with one attached hydrogen (secondary N) is 1. The van der Waals surface area contributed by atoms with Crippen LogP contribution in [0.3, 0.4) is 0 Å². The van der Waals surface area contributed by atoms with Crippen LogP contribution in [-0.4, -0.2) is 38.0 Å². The van der Waals surface area contributed by atoms with Crippen molar-refractivity contribution in [3.8, 4) is 17.1 Å². The van der Waals surface area contributed by atoms with Crippen LogP contribution in [-0.2, 0) is 11.8 Å². The maximum atomic E-state index is 12.7. The fourth-order valence-corrected chi connectivity index (χ4v) is 3.60. The third-order valence-corrected chi connectivity index (χ3v) is 5.66. The number of aryl methyl sites for hydroxylation is 1. The van der Waals surface area contributed by atoms with Gasteiger partial charge in [-0.3, -0.25) is 14.9 Å². The van der Waals surface area contributed by atoms with Crippen molar-refractivity contribution in [1.82, 2.24) is 14.8 Å².